The monoisotopic (exact) mass is 700 g/mol. The van der Waals surface area contributed by atoms with Crippen LogP contribution >= 0.6 is 0 Å². The molecule has 0 unspecified atom stereocenters. The van der Waals surface area contributed by atoms with Gasteiger partial charge in [-0.05, 0) is 78.6 Å². The highest BCUT2D eigenvalue weighted by Crippen LogP contribution is 2.30. The predicted molar refractivity (Wildman–Crippen MR) is 197 cm³/mol. The standard InChI is InChI=1S/C39H48N4O6S/c1-28(2)25-26-43(50(47,48)34-23-21-32(40)22-24-34)33(27-44)19-12-18-29-13-10-11-20-35(29)41-38(45)37(42-39(46)49-3)36(30-14-6-4-7-15-30)31-16-8-5-9-17-31/h4-11,13-17,20-24,28,33,36-37,44H,12,18-19,25-27,40H2,1-3H3,(H,41,45)(H,42,46)/t33-,37-/m0/s1. The molecule has 0 aliphatic heterocycles. The van der Waals surface area contributed by atoms with E-state index in [0.29, 0.717) is 37.1 Å². The summed E-state index contributed by atoms with van der Waals surface area (Å²) >= 11 is 0. The van der Waals surface area contributed by atoms with Crippen molar-refractivity contribution in [2.75, 3.05) is 31.3 Å². The van der Waals surface area contributed by atoms with Crippen molar-refractivity contribution >= 4 is 33.4 Å². The van der Waals surface area contributed by atoms with Crippen molar-refractivity contribution in [2.45, 2.75) is 62.4 Å². The summed E-state index contributed by atoms with van der Waals surface area (Å²) in [7, 11) is -2.65. The molecule has 4 aromatic rings. The average molecular weight is 701 g/mol. The van der Waals surface area contributed by atoms with Gasteiger partial charge in [0, 0.05) is 29.9 Å². The Morgan fingerprint density at radius 3 is 1.98 bits per heavy atom. The van der Waals surface area contributed by atoms with E-state index in [9.17, 15) is 23.1 Å². The van der Waals surface area contributed by atoms with Crippen molar-refractivity contribution in [3.05, 3.63) is 126 Å². The van der Waals surface area contributed by atoms with Gasteiger partial charge in [0.15, 0.2) is 0 Å². The molecule has 11 heteroatoms. The number of sulfonamides is 1. The smallest absolute Gasteiger partial charge is 0.407 e. The van der Waals surface area contributed by atoms with Crippen LogP contribution in [0.5, 0.6) is 0 Å². The molecule has 0 saturated heterocycles. The van der Waals surface area contributed by atoms with Crippen LogP contribution in [-0.2, 0) is 26.0 Å². The Kier molecular flexibility index (Phi) is 14.0. The van der Waals surface area contributed by atoms with E-state index in [2.05, 4.69) is 10.6 Å². The third-order valence-electron chi connectivity index (χ3n) is 8.68. The van der Waals surface area contributed by atoms with Crippen LogP contribution in [0.25, 0.3) is 0 Å². The largest absolute Gasteiger partial charge is 0.453 e. The molecule has 4 aromatic carbocycles. The quantitative estimate of drug-likeness (QED) is 0.0960. The number of nitrogen functional groups attached to an aromatic ring is 1. The average Bonchev–Trinajstić information content (AvgIpc) is 3.12. The minimum Gasteiger partial charge on any atom is -0.453 e. The summed E-state index contributed by atoms with van der Waals surface area (Å²) in [6.45, 7) is 3.98. The minimum atomic E-state index is -3.90. The summed E-state index contributed by atoms with van der Waals surface area (Å²) in [5.41, 5.74) is 9.36. The molecule has 0 saturated carbocycles. The molecule has 0 aliphatic rings. The number of carbonyl (C=O) groups is 2. The topological polar surface area (TPSA) is 151 Å². The highest BCUT2D eigenvalue weighted by atomic mass is 32.2. The van der Waals surface area contributed by atoms with E-state index in [-0.39, 0.29) is 24.0 Å². The number of hydrogen-bond acceptors (Lipinski definition) is 7. The third kappa shape index (κ3) is 10.2. The van der Waals surface area contributed by atoms with Crippen LogP contribution in [0.3, 0.4) is 0 Å². The second kappa shape index (κ2) is 18.3. The van der Waals surface area contributed by atoms with Crippen molar-refractivity contribution in [1.82, 2.24) is 9.62 Å². The van der Waals surface area contributed by atoms with Crippen LogP contribution in [0.4, 0.5) is 16.2 Å². The lowest BCUT2D eigenvalue weighted by Gasteiger charge is -2.30. The normalized spacial score (nSPS) is 12.9. The van der Waals surface area contributed by atoms with Crippen molar-refractivity contribution in [3.63, 3.8) is 0 Å². The second-order valence-electron chi connectivity index (χ2n) is 12.7. The van der Waals surface area contributed by atoms with E-state index in [1.807, 2.05) is 92.7 Å². The van der Waals surface area contributed by atoms with Crippen molar-refractivity contribution in [3.8, 4) is 0 Å². The number of rotatable bonds is 17. The Balaban J connectivity index is 1.56. The first kappa shape index (κ1) is 38.1. The number of benzene rings is 4. The van der Waals surface area contributed by atoms with Gasteiger partial charge in [0.2, 0.25) is 15.9 Å². The highest BCUT2D eigenvalue weighted by Gasteiger charge is 2.34. The fraction of sp³-hybridized carbons (Fsp3) is 0.333. The van der Waals surface area contributed by atoms with Gasteiger partial charge in [-0.25, -0.2) is 13.2 Å². The van der Waals surface area contributed by atoms with Crippen molar-refractivity contribution < 1.29 is 27.9 Å². The van der Waals surface area contributed by atoms with E-state index < -0.39 is 40.0 Å². The van der Waals surface area contributed by atoms with Gasteiger partial charge in [0.25, 0.3) is 0 Å². The molecule has 0 aliphatic carbocycles. The number of nitrogens with two attached hydrogens (primary N) is 1. The maximum atomic E-state index is 14.1. The number of para-hydroxylation sites is 1. The van der Waals surface area contributed by atoms with Gasteiger partial charge >= 0.3 is 6.09 Å². The van der Waals surface area contributed by atoms with Crippen LogP contribution in [0.2, 0.25) is 0 Å². The summed E-state index contributed by atoms with van der Waals surface area (Å²) in [5.74, 6) is -0.688. The minimum absolute atomic E-state index is 0.126. The summed E-state index contributed by atoms with van der Waals surface area (Å²) < 4.78 is 33.9. The number of amides is 2. The van der Waals surface area contributed by atoms with E-state index in [0.717, 1.165) is 16.7 Å². The molecule has 2 atom stereocenters. The van der Waals surface area contributed by atoms with Gasteiger partial charge in [-0.15, -0.1) is 0 Å². The van der Waals surface area contributed by atoms with Crippen LogP contribution in [-0.4, -0.2) is 62.2 Å². The zero-order chi connectivity index (χ0) is 36.1. The first-order valence-corrected chi connectivity index (χ1v) is 18.3. The number of nitrogens with one attached hydrogen (secondary N) is 2. The molecular formula is C39H48N4O6S. The molecule has 50 heavy (non-hydrogen) atoms. The second-order valence-corrected chi connectivity index (χ2v) is 14.5. The number of alkyl carbamates (subject to hydrolysis) is 1. The third-order valence-corrected chi connectivity index (χ3v) is 10.6. The lowest BCUT2D eigenvalue weighted by Crippen LogP contribution is -2.48. The fourth-order valence-electron chi connectivity index (χ4n) is 5.97. The molecule has 4 rings (SSSR count). The molecular weight excluding hydrogens is 653 g/mol. The van der Waals surface area contributed by atoms with Crippen molar-refractivity contribution in [1.29, 1.82) is 0 Å². The first-order valence-electron chi connectivity index (χ1n) is 16.9. The van der Waals surface area contributed by atoms with Gasteiger partial charge in [0.1, 0.15) is 6.04 Å². The van der Waals surface area contributed by atoms with E-state index in [1.165, 1.54) is 23.5 Å². The molecule has 10 nitrogen and oxygen atoms in total. The van der Waals surface area contributed by atoms with Crippen LogP contribution in [0.15, 0.2) is 114 Å². The van der Waals surface area contributed by atoms with E-state index in [4.69, 9.17) is 10.5 Å². The lowest BCUT2D eigenvalue weighted by atomic mass is 9.84. The Hall–Kier alpha value is -4.71. The van der Waals surface area contributed by atoms with Gasteiger partial charge in [-0.2, -0.15) is 4.31 Å². The van der Waals surface area contributed by atoms with Crippen molar-refractivity contribution in [2.24, 2.45) is 5.92 Å². The Morgan fingerprint density at radius 2 is 1.42 bits per heavy atom. The number of carbonyl (C=O) groups excluding carboxylic acids is 2. The van der Waals surface area contributed by atoms with E-state index >= 15 is 0 Å². The zero-order valence-electron chi connectivity index (χ0n) is 28.9. The summed E-state index contributed by atoms with van der Waals surface area (Å²) in [6.07, 6.45) is 1.33. The SMILES string of the molecule is COC(=O)N[C@H](C(=O)Nc1ccccc1CCC[C@@H](CO)N(CCC(C)C)S(=O)(=O)c1ccc(N)cc1)C(c1ccccc1)c1ccccc1. The summed E-state index contributed by atoms with van der Waals surface area (Å²) in [4.78, 5) is 26.8. The molecule has 0 fully saturated rings. The molecule has 0 radical (unpaired) electrons. The van der Waals surface area contributed by atoms with Crippen LogP contribution < -0.4 is 16.4 Å². The molecule has 2 amide bonds. The predicted octanol–water partition coefficient (Wildman–Crippen LogP) is 6.18. The lowest BCUT2D eigenvalue weighted by molar-refractivity contribution is -0.118. The zero-order valence-corrected chi connectivity index (χ0v) is 29.7. The van der Waals surface area contributed by atoms with E-state index in [1.54, 1.807) is 18.2 Å². The number of aryl methyl sites for hydroxylation is 1. The molecule has 0 spiro atoms. The van der Waals surface area contributed by atoms with Crippen LogP contribution in [0, 0.1) is 5.92 Å². The number of aliphatic hydroxyl groups is 1. The molecule has 0 heterocycles. The number of methoxy groups -OCH3 is 1. The summed E-state index contributed by atoms with van der Waals surface area (Å²) in [5, 5.41) is 16.3. The number of hydrogen-bond donors (Lipinski definition) is 4. The Morgan fingerprint density at radius 1 is 0.840 bits per heavy atom. The maximum Gasteiger partial charge on any atom is 0.407 e. The van der Waals surface area contributed by atoms with Gasteiger partial charge in [0.05, 0.1) is 18.6 Å². The summed E-state index contributed by atoms with van der Waals surface area (Å²) in [6, 6.07) is 30.8. The van der Waals surface area contributed by atoms with Gasteiger partial charge in [-0.1, -0.05) is 92.7 Å². The van der Waals surface area contributed by atoms with Crippen LogP contribution in [0.1, 0.15) is 55.7 Å². The first-order chi connectivity index (χ1) is 24.0. The maximum absolute atomic E-state index is 14.1. The number of ether oxygens (including phenoxy) is 1. The number of aliphatic hydroxyl groups excluding tert-OH is 1. The molecule has 0 aromatic heterocycles. The van der Waals surface area contributed by atoms with Gasteiger partial charge < -0.3 is 26.2 Å². The molecule has 5 N–H and O–H groups in total. The Bertz CT molecular complexity index is 1730. The Labute approximate surface area is 295 Å². The fourth-order valence-corrected chi connectivity index (χ4v) is 7.63. The number of anilines is 2. The molecule has 266 valence electrons. The van der Waals surface area contributed by atoms with Gasteiger partial charge in [-0.3, -0.25) is 4.79 Å². The highest BCUT2D eigenvalue weighted by molar-refractivity contribution is 7.89. The molecule has 0 bridgehead atoms. The number of nitrogens with zero attached hydrogens (tertiary/aromatic N) is 1.